The molecule has 1 aliphatic rings. The van der Waals surface area contributed by atoms with E-state index in [4.69, 9.17) is 14.7 Å². The number of carbonyl (C=O) groups is 1. The molecule has 5 heteroatoms. The molecule has 0 radical (unpaired) electrons. The molecular weight excluding hydrogens is 362 g/mol. The summed E-state index contributed by atoms with van der Waals surface area (Å²) in [7, 11) is 1.70. The number of aromatic nitrogens is 2. The molecule has 1 aromatic carbocycles. The molecule has 150 valence electrons. The molecule has 0 atom stereocenters. The number of amides is 1. The van der Waals surface area contributed by atoms with Crippen molar-refractivity contribution in [2.24, 2.45) is 5.92 Å². The number of methoxy groups -OCH3 is 1. The Balaban J connectivity index is 1.59. The van der Waals surface area contributed by atoms with Crippen molar-refractivity contribution in [2.75, 3.05) is 7.11 Å². The van der Waals surface area contributed by atoms with Gasteiger partial charge in [-0.1, -0.05) is 6.07 Å². The Hall–Kier alpha value is -2.95. The van der Waals surface area contributed by atoms with Crippen molar-refractivity contribution in [1.29, 1.82) is 0 Å². The van der Waals surface area contributed by atoms with Crippen LogP contribution in [-0.2, 0) is 11.2 Å². The molecule has 1 saturated carbocycles. The summed E-state index contributed by atoms with van der Waals surface area (Å²) in [4.78, 5) is 20.9. The fourth-order valence-corrected chi connectivity index (χ4v) is 4.31. The molecular formula is C24H27N3O2. The highest BCUT2D eigenvalue weighted by Gasteiger charge is 2.29. The minimum absolute atomic E-state index is 0.0517. The fraction of sp³-hybridized carbons (Fsp3) is 0.375. The second-order valence-corrected chi connectivity index (χ2v) is 8.14. The second kappa shape index (κ2) is 7.82. The van der Waals surface area contributed by atoms with E-state index in [2.05, 4.69) is 43.4 Å². The summed E-state index contributed by atoms with van der Waals surface area (Å²) in [5.41, 5.74) is 6.03. The van der Waals surface area contributed by atoms with Crippen LogP contribution in [0.2, 0.25) is 0 Å². The molecule has 0 saturated heterocycles. The first-order chi connectivity index (χ1) is 13.9. The van der Waals surface area contributed by atoms with E-state index in [1.807, 2.05) is 12.1 Å². The van der Waals surface area contributed by atoms with Gasteiger partial charge in [-0.15, -0.1) is 0 Å². The number of ether oxygens (including phenoxy) is 1. The first kappa shape index (κ1) is 19.4. The molecule has 0 spiro atoms. The minimum atomic E-state index is 0.0517. The van der Waals surface area contributed by atoms with Crippen LogP contribution in [0.25, 0.3) is 22.3 Å². The maximum absolute atomic E-state index is 11.2. The third-order valence-electron chi connectivity index (χ3n) is 5.67. The molecule has 1 N–H and O–H groups in total. The van der Waals surface area contributed by atoms with Gasteiger partial charge in [0, 0.05) is 29.6 Å². The van der Waals surface area contributed by atoms with E-state index in [0.717, 1.165) is 58.6 Å². The van der Waals surface area contributed by atoms with Gasteiger partial charge in [0.1, 0.15) is 5.75 Å². The zero-order chi connectivity index (χ0) is 20.5. The predicted molar refractivity (Wildman–Crippen MR) is 115 cm³/mol. The molecule has 4 rings (SSSR count). The monoisotopic (exact) mass is 389 g/mol. The smallest absolute Gasteiger partial charge is 0.217 e. The van der Waals surface area contributed by atoms with Gasteiger partial charge in [-0.3, -0.25) is 4.79 Å². The first-order valence-electron chi connectivity index (χ1n) is 10.1. The van der Waals surface area contributed by atoms with E-state index < -0.39 is 0 Å². The zero-order valence-electron chi connectivity index (χ0n) is 17.5. The molecule has 0 bridgehead atoms. The summed E-state index contributed by atoms with van der Waals surface area (Å²) in [5.74, 6) is 1.46. The third-order valence-corrected chi connectivity index (χ3v) is 5.67. The van der Waals surface area contributed by atoms with E-state index in [1.54, 1.807) is 14.0 Å². The number of benzene rings is 1. The van der Waals surface area contributed by atoms with E-state index in [1.165, 1.54) is 5.56 Å². The number of nitrogens with zero attached hydrogens (tertiary/aromatic N) is 2. The Morgan fingerprint density at radius 3 is 2.62 bits per heavy atom. The molecule has 2 aromatic heterocycles. The highest BCUT2D eigenvalue weighted by atomic mass is 16.5. The van der Waals surface area contributed by atoms with E-state index in [-0.39, 0.29) is 5.91 Å². The summed E-state index contributed by atoms with van der Waals surface area (Å²) in [6.07, 6.45) is 2.96. The van der Waals surface area contributed by atoms with Gasteiger partial charge in [0.2, 0.25) is 5.91 Å². The summed E-state index contributed by atoms with van der Waals surface area (Å²) in [6, 6.07) is 12.8. The highest BCUT2D eigenvalue weighted by molar-refractivity contribution is 5.81. The van der Waals surface area contributed by atoms with Crippen molar-refractivity contribution in [3.63, 3.8) is 0 Å². The summed E-state index contributed by atoms with van der Waals surface area (Å²) >= 11 is 0. The third kappa shape index (κ3) is 4.09. The van der Waals surface area contributed by atoms with Crippen LogP contribution in [0.3, 0.4) is 0 Å². The van der Waals surface area contributed by atoms with E-state index in [0.29, 0.717) is 12.0 Å². The van der Waals surface area contributed by atoms with Crippen LogP contribution < -0.4 is 10.1 Å². The quantitative estimate of drug-likeness (QED) is 0.703. The van der Waals surface area contributed by atoms with Crippen molar-refractivity contribution < 1.29 is 9.53 Å². The second-order valence-electron chi connectivity index (χ2n) is 8.14. The molecule has 1 aliphatic carbocycles. The number of pyridine rings is 2. The lowest BCUT2D eigenvalue weighted by atomic mass is 9.77. The molecule has 29 heavy (non-hydrogen) atoms. The van der Waals surface area contributed by atoms with Gasteiger partial charge in [-0.25, -0.2) is 9.97 Å². The summed E-state index contributed by atoms with van der Waals surface area (Å²) < 4.78 is 5.62. The Bertz CT molecular complexity index is 1070. The van der Waals surface area contributed by atoms with Crippen LogP contribution >= 0.6 is 0 Å². The van der Waals surface area contributed by atoms with Gasteiger partial charge in [0.05, 0.1) is 12.8 Å². The Labute approximate surface area is 171 Å². The zero-order valence-corrected chi connectivity index (χ0v) is 17.5. The van der Waals surface area contributed by atoms with Gasteiger partial charge in [-0.05, 0) is 80.5 Å². The molecule has 3 aromatic rings. The number of hydrogen-bond donors (Lipinski definition) is 1. The normalized spacial score (nSPS) is 18.3. The molecule has 1 fully saturated rings. The SMILES string of the molecule is COc1cc(C)cc(C)c1-c1ccc2ccc(CC3CC(NC(C)=O)C3)nc2n1. The van der Waals surface area contributed by atoms with Crippen molar-refractivity contribution in [1.82, 2.24) is 15.3 Å². The number of carbonyl (C=O) groups excluding carboxylic acids is 1. The van der Waals surface area contributed by atoms with E-state index >= 15 is 0 Å². The highest BCUT2D eigenvalue weighted by Crippen LogP contribution is 2.34. The van der Waals surface area contributed by atoms with Crippen LogP contribution in [0.15, 0.2) is 36.4 Å². The lowest BCUT2D eigenvalue weighted by Gasteiger charge is -2.35. The fourth-order valence-electron chi connectivity index (χ4n) is 4.31. The minimum Gasteiger partial charge on any atom is -0.496 e. The van der Waals surface area contributed by atoms with Gasteiger partial charge < -0.3 is 10.1 Å². The Kier molecular flexibility index (Phi) is 5.22. The van der Waals surface area contributed by atoms with Crippen molar-refractivity contribution in [3.8, 4) is 17.0 Å². The summed E-state index contributed by atoms with van der Waals surface area (Å²) in [5, 5.41) is 4.02. The maximum atomic E-state index is 11.2. The Morgan fingerprint density at radius 1 is 1.14 bits per heavy atom. The topological polar surface area (TPSA) is 64.1 Å². The number of rotatable bonds is 5. The number of aryl methyl sites for hydroxylation is 2. The van der Waals surface area contributed by atoms with Gasteiger partial charge >= 0.3 is 0 Å². The molecule has 0 unspecified atom stereocenters. The van der Waals surface area contributed by atoms with Gasteiger partial charge in [-0.2, -0.15) is 0 Å². The van der Waals surface area contributed by atoms with Crippen molar-refractivity contribution >= 4 is 16.9 Å². The standard InChI is InChI=1S/C24H27N3O2/c1-14-9-15(2)23(22(10-14)29-4)21-8-6-18-5-7-19(26-24(18)27-21)11-17-12-20(13-17)25-16(3)28/h5-10,17,20H,11-13H2,1-4H3,(H,25,28). The van der Waals surface area contributed by atoms with Crippen LogP contribution in [-0.4, -0.2) is 29.0 Å². The summed E-state index contributed by atoms with van der Waals surface area (Å²) in [6.45, 7) is 5.73. The lowest BCUT2D eigenvalue weighted by molar-refractivity contribution is -0.120. The van der Waals surface area contributed by atoms with Crippen LogP contribution in [0, 0.1) is 19.8 Å². The van der Waals surface area contributed by atoms with Crippen molar-refractivity contribution in [2.45, 2.75) is 46.1 Å². The largest absolute Gasteiger partial charge is 0.496 e. The van der Waals surface area contributed by atoms with Crippen LogP contribution in [0.4, 0.5) is 0 Å². The Morgan fingerprint density at radius 2 is 1.90 bits per heavy atom. The predicted octanol–water partition coefficient (Wildman–Crippen LogP) is 4.38. The molecule has 1 amide bonds. The average Bonchev–Trinajstić information content (AvgIpc) is 2.64. The van der Waals surface area contributed by atoms with E-state index in [9.17, 15) is 4.79 Å². The van der Waals surface area contributed by atoms with Gasteiger partial charge in [0.15, 0.2) is 5.65 Å². The number of nitrogens with one attached hydrogen (secondary N) is 1. The first-order valence-corrected chi connectivity index (χ1v) is 10.1. The lowest BCUT2D eigenvalue weighted by Crippen LogP contribution is -2.44. The maximum Gasteiger partial charge on any atom is 0.217 e. The average molecular weight is 389 g/mol. The molecule has 5 nitrogen and oxygen atoms in total. The van der Waals surface area contributed by atoms with Crippen molar-refractivity contribution in [3.05, 3.63) is 53.2 Å². The molecule has 0 aliphatic heterocycles. The molecule has 2 heterocycles. The van der Waals surface area contributed by atoms with Crippen LogP contribution in [0.5, 0.6) is 5.75 Å². The number of hydrogen-bond acceptors (Lipinski definition) is 4. The number of fused-ring (bicyclic) bond motifs is 1. The van der Waals surface area contributed by atoms with Crippen LogP contribution in [0.1, 0.15) is 36.6 Å². The van der Waals surface area contributed by atoms with Gasteiger partial charge in [0.25, 0.3) is 0 Å².